The third-order valence-electron chi connectivity index (χ3n) is 3.23. The summed E-state index contributed by atoms with van der Waals surface area (Å²) in [5.41, 5.74) is 6.82. The fraction of sp³-hybridized carbons (Fsp3) is 0.0667. The van der Waals surface area contributed by atoms with Gasteiger partial charge in [-0.2, -0.15) is 0 Å². The number of hydrogen-bond acceptors (Lipinski definition) is 2. The van der Waals surface area contributed by atoms with Gasteiger partial charge in [-0.1, -0.05) is 29.8 Å². The topological polar surface area (TPSA) is 89.8 Å². The van der Waals surface area contributed by atoms with Crippen LogP contribution in [0.3, 0.4) is 0 Å². The molecule has 0 fully saturated rings. The predicted octanol–water partition coefficient (Wildman–Crippen LogP) is 2.15. The normalized spacial score (nSPS) is 10.6. The van der Waals surface area contributed by atoms with Crippen LogP contribution in [0.4, 0.5) is 0 Å². The van der Waals surface area contributed by atoms with Crippen LogP contribution in [0.15, 0.2) is 42.7 Å². The molecule has 6 nitrogen and oxygen atoms in total. The average Bonchev–Trinajstić information content (AvgIpc) is 3.12. The van der Waals surface area contributed by atoms with Crippen molar-refractivity contribution in [3.63, 3.8) is 0 Å². The van der Waals surface area contributed by atoms with E-state index in [1.165, 1.54) is 12.3 Å². The molecule has 3 aromatic rings. The van der Waals surface area contributed by atoms with Crippen LogP contribution in [0.25, 0.3) is 10.9 Å². The van der Waals surface area contributed by atoms with E-state index in [0.29, 0.717) is 5.02 Å². The summed E-state index contributed by atoms with van der Waals surface area (Å²) in [6.45, 7) is 0. The summed E-state index contributed by atoms with van der Waals surface area (Å²) in [6.07, 6.45) is 3.44. The van der Waals surface area contributed by atoms with Crippen LogP contribution in [0.2, 0.25) is 5.02 Å². The highest BCUT2D eigenvalue weighted by atomic mass is 35.5. The zero-order chi connectivity index (χ0) is 15.5. The summed E-state index contributed by atoms with van der Waals surface area (Å²) in [6, 6.07) is 9.18. The Morgan fingerprint density at radius 3 is 2.68 bits per heavy atom. The molecule has 0 unspecified atom stereocenters. The summed E-state index contributed by atoms with van der Waals surface area (Å²) in [5, 5.41) is 1.41. The lowest BCUT2D eigenvalue weighted by Gasteiger charge is -2.06. The summed E-state index contributed by atoms with van der Waals surface area (Å²) < 4.78 is 0. The summed E-state index contributed by atoms with van der Waals surface area (Å²) >= 11 is 5.72. The minimum absolute atomic E-state index is 0.162. The number of hydrazine groups is 1. The van der Waals surface area contributed by atoms with Crippen LogP contribution < -0.4 is 10.9 Å². The fourth-order valence-electron chi connectivity index (χ4n) is 2.19. The van der Waals surface area contributed by atoms with E-state index >= 15 is 0 Å². The third-order valence-corrected chi connectivity index (χ3v) is 3.45. The maximum atomic E-state index is 11.9. The Kier molecular flexibility index (Phi) is 3.84. The van der Waals surface area contributed by atoms with E-state index in [4.69, 9.17) is 11.6 Å². The van der Waals surface area contributed by atoms with Crippen LogP contribution >= 0.6 is 11.6 Å². The molecule has 0 radical (unpaired) electrons. The van der Waals surface area contributed by atoms with Crippen molar-refractivity contribution in [1.29, 1.82) is 0 Å². The molecule has 0 saturated heterocycles. The van der Waals surface area contributed by atoms with Crippen molar-refractivity contribution in [3.05, 3.63) is 59.0 Å². The third kappa shape index (κ3) is 2.96. The van der Waals surface area contributed by atoms with Crippen molar-refractivity contribution in [3.8, 4) is 0 Å². The average molecular weight is 317 g/mol. The van der Waals surface area contributed by atoms with E-state index < -0.39 is 5.91 Å². The van der Waals surface area contributed by atoms with Crippen molar-refractivity contribution in [2.75, 3.05) is 0 Å². The van der Waals surface area contributed by atoms with Crippen molar-refractivity contribution in [1.82, 2.24) is 20.8 Å². The molecule has 0 aliphatic carbocycles. The summed E-state index contributed by atoms with van der Waals surface area (Å²) in [7, 11) is 0. The molecule has 0 atom stereocenters. The molecule has 0 spiro atoms. The van der Waals surface area contributed by atoms with Crippen LogP contribution in [-0.2, 0) is 11.2 Å². The van der Waals surface area contributed by atoms with E-state index in [0.717, 1.165) is 16.5 Å². The first-order chi connectivity index (χ1) is 10.6. The number of fused-ring (bicyclic) bond motifs is 1. The number of rotatable bonds is 3. The molecule has 7 heteroatoms. The van der Waals surface area contributed by atoms with E-state index in [1.54, 1.807) is 6.20 Å². The number of carbonyl (C=O) groups is 2. The lowest BCUT2D eigenvalue weighted by Crippen LogP contribution is -2.42. The number of H-pyrrole nitrogens is 2. The second kappa shape index (κ2) is 5.95. The van der Waals surface area contributed by atoms with Crippen LogP contribution in [0, 0.1) is 0 Å². The first-order valence-corrected chi connectivity index (χ1v) is 6.99. The molecule has 22 heavy (non-hydrogen) atoms. The number of halogens is 1. The van der Waals surface area contributed by atoms with Gasteiger partial charge in [0.25, 0.3) is 5.91 Å². The van der Waals surface area contributed by atoms with Crippen molar-refractivity contribution >= 4 is 34.3 Å². The SMILES string of the molecule is O=C(Cc1c[nH]c2ccccc12)NNC(=O)c1cc(Cl)c[nH]1. The Balaban J connectivity index is 1.60. The molecule has 1 aromatic carbocycles. The lowest BCUT2D eigenvalue weighted by atomic mass is 10.1. The van der Waals surface area contributed by atoms with Crippen molar-refractivity contribution in [2.24, 2.45) is 0 Å². The van der Waals surface area contributed by atoms with Crippen LogP contribution in [0.1, 0.15) is 16.1 Å². The van der Waals surface area contributed by atoms with Gasteiger partial charge in [0.05, 0.1) is 11.4 Å². The van der Waals surface area contributed by atoms with Gasteiger partial charge < -0.3 is 9.97 Å². The number of para-hydroxylation sites is 1. The Bertz CT molecular complexity index is 837. The molecule has 4 N–H and O–H groups in total. The fourth-order valence-corrected chi connectivity index (χ4v) is 2.35. The van der Waals surface area contributed by atoms with E-state index in [-0.39, 0.29) is 18.0 Å². The van der Waals surface area contributed by atoms with Gasteiger partial charge in [0.2, 0.25) is 5.91 Å². The molecule has 112 valence electrons. The highest BCUT2D eigenvalue weighted by Crippen LogP contribution is 2.17. The van der Waals surface area contributed by atoms with Gasteiger partial charge in [-0.15, -0.1) is 0 Å². The Morgan fingerprint density at radius 2 is 1.91 bits per heavy atom. The highest BCUT2D eigenvalue weighted by Gasteiger charge is 2.11. The summed E-state index contributed by atoms with van der Waals surface area (Å²) in [4.78, 5) is 29.5. The molecule has 2 heterocycles. The molecule has 2 aromatic heterocycles. The first-order valence-electron chi connectivity index (χ1n) is 6.61. The second-order valence-corrected chi connectivity index (χ2v) is 5.21. The van der Waals surface area contributed by atoms with E-state index in [1.807, 2.05) is 24.3 Å². The van der Waals surface area contributed by atoms with Crippen molar-refractivity contribution in [2.45, 2.75) is 6.42 Å². The molecule has 0 saturated carbocycles. The highest BCUT2D eigenvalue weighted by molar-refractivity contribution is 6.30. The second-order valence-electron chi connectivity index (χ2n) is 4.77. The molecule has 0 bridgehead atoms. The van der Waals surface area contributed by atoms with Gasteiger partial charge in [0.15, 0.2) is 0 Å². The van der Waals surface area contributed by atoms with Gasteiger partial charge in [0, 0.05) is 23.3 Å². The number of hydrogen-bond donors (Lipinski definition) is 4. The number of aromatic amines is 2. The number of nitrogens with one attached hydrogen (secondary N) is 4. The predicted molar refractivity (Wildman–Crippen MR) is 83.4 cm³/mol. The zero-order valence-electron chi connectivity index (χ0n) is 11.4. The van der Waals surface area contributed by atoms with Gasteiger partial charge in [-0.05, 0) is 17.7 Å². The minimum atomic E-state index is -0.459. The number of benzene rings is 1. The minimum Gasteiger partial charge on any atom is -0.361 e. The molecule has 3 rings (SSSR count). The maximum absolute atomic E-state index is 11.9. The maximum Gasteiger partial charge on any atom is 0.286 e. The van der Waals surface area contributed by atoms with Crippen molar-refractivity contribution < 1.29 is 9.59 Å². The first kappa shape index (κ1) is 14.2. The number of carbonyl (C=O) groups excluding carboxylic acids is 2. The number of amides is 2. The van der Waals surface area contributed by atoms with E-state index in [2.05, 4.69) is 20.8 Å². The van der Waals surface area contributed by atoms with Gasteiger partial charge in [-0.25, -0.2) is 0 Å². The van der Waals surface area contributed by atoms with Gasteiger partial charge in [0.1, 0.15) is 5.69 Å². The van der Waals surface area contributed by atoms with Crippen LogP contribution in [0.5, 0.6) is 0 Å². The molecule has 0 aliphatic rings. The Hall–Kier alpha value is -2.73. The molecule has 2 amide bonds. The molecular formula is C15H13ClN4O2. The monoisotopic (exact) mass is 316 g/mol. The Morgan fingerprint density at radius 1 is 1.09 bits per heavy atom. The smallest absolute Gasteiger partial charge is 0.286 e. The molecular weight excluding hydrogens is 304 g/mol. The zero-order valence-corrected chi connectivity index (χ0v) is 12.2. The summed E-state index contributed by atoms with van der Waals surface area (Å²) in [5.74, 6) is -0.769. The van der Waals surface area contributed by atoms with E-state index in [9.17, 15) is 9.59 Å². The largest absolute Gasteiger partial charge is 0.361 e. The quantitative estimate of drug-likeness (QED) is 0.558. The standard InChI is InChI=1S/C15H13ClN4O2/c16-10-6-13(18-8-10)15(22)20-19-14(21)5-9-7-17-12-4-2-1-3-11(9)12/h1-4,6-8,17-18H,5H2,(H,19,21)(H,20,22). The Labute approximate surface area is 130 Å². The lowest BCUT2D eigenvalue weighted by molar-refractivity contribution is -0.121. The van der Waals surface area contributed by atoms with Gasteiger partial charge in [-0.3, -0.25) is 20.4 Å². The molecule has 0 aliphatic heterocycles. The van der Waals surface area contributed by atoms with Gasteiger partial charge >= 0.3 is 0 Å². The number of aromatic nitrogens is 2. The van der Waals surface area contributed by atoms with Crippen LogP contribution in [-0.4, -0.2) is 21.8 Å².